The highest BCUT2D eigenvalue weighted by Crippen LogP contribution is 2.25. The molecule has 10 heteroatoms. The van der Waals surface area contributed by atoms with Gasteiger partial charge in [0, 0.05) is 29.6 Å². The molecule has 0 aliphatic carbocycles. The zero-order valence-corrected chi connectivity index (χ0v) is 16.6. The van der Waals surface area contributed by atoms with Crippen molar-refractivity contribution >= 4 is 51.0 Å². The summed E-state index contributed by atoms with van der Waals surface area (Å²) in [7, 11) is -3.63. The van der Waals surface area contributed by atoms with Gasteiger partial charge >= 0.3 is 0 Å². The molecule has 25 heavy (non-hydrogen) atoms. The van der Waals surface area contributed by atoms with Gasteiger partial charge in [0.2, 0.25) is 0 Å². The quantitative estimate of drug-likeness (QED) is 0.804. The molecular formula is C15H19Cl2N3O3S2. The van der Waals surface area contributed by atoms with Gasteiger partial charge in [-0.3, -0.25) is 14.6 Å². The van der Waals surface area contributed by atoms with Gasteiger partial charge in [0.15, 0.2) is 5.17 Å². The second-order valence-electron chi connectivity index (χ2n) is 5.37. The van der Waals surface area contributed by atoms with Crippen LogP contribution in [0.25, 0.3) is 0 Å². The number of hydrogen-bond donors (Lipinski definition) is 1. The lowest BCUT2D eigenvalue weighted by atomic mass is 10.4. The summed E-state index contributed by atoms with van der Waals surface area (Å²) in [5.41, 5.74) is 0. The van der Waals surface area contributed by atoms with Crippen LogP contribution in [0, 0.1) is 0 Å². The first-order valence-corrected chi connectivity index (χ1v) is 10.2. The Kier molecular flexibility index (Phi) is 7.60. The molecule has 1 aromatic rings. The summed E-state index contributed by atoms with van der Waals surface area (Å²) >= 11 is 7.15. The maximum atomic E-state index is 12.3. The van der Waals surface area contributed by atoms with Crippen LogP contribution >= 0.6 is 35.8 Å². The molecule has 1 N–H and O–H groups in total. The predicted octanol–water partition coefficient (Wildman–Crippen LogP) is 2.36. The van der Waals surface area contributed by atoms with Crippen LogP contribution in [-0.4, -0.2) is 57.9 Å². The molecule has 1 aromatic carbocycles. The summed E-state index contributed by atoms with van der Waals surface area (Å²) in [6, 6.07) is 6.04. The van der Waals surface area contributed by atoms with Gasteiger partial charge < -0.3 is 4.74 Å². The van der Waals surface area contributed by atoms with Crippen LogP contribution in [0.15, 0.2) is 45.1 Å². The Morgan fingerprint density at radius 3 is 2.64 bits per heavy atom. The van der Waals surface area contributed by atoms with Crippen LogP contribution < -0.4 is 4.72 Å². The number of rotatable bonds is 4. The van der Waals surface area contributed by atoms with Crippen molar-refractivity contribution < 1.29 is 13.2 Å². The molecule has 0 bridgehead atoms. The van der Waals surface area contributed by atoms with Crippen molar-refractivity contribution in [3.63, 3.8) is 0 Å². The highest BCUT2D eigenvalue weighted by atomic mass is 35.5. The largest absolute Gasteiger partial charge is 0.379 e. The van der Waals surface area contributed by atoms with E-state index in [4.69, 9.17) is 16.3 Å². The van der Waals surface area contributed by atoms with E-state index >= 15 is 0 Å². The molecule has 1 fully saturated rings. The Morgan fingerprint density at radius 2 is 1.96 bits per heavy atom. The first-order valence-electron chi connectivity index (χ1n) is 7.53. The first kappa shape index (κ1) is 20.5. The Labute approximate surface area is 163 Å². The third kappa shape index (κ3) is 5.87. The fourth-order valence-corrected chi connectivity index (χ4v) is 4.49. The van der Waals surface area contributed by atoms with Gasteiger partial charge in [-0.2, -0.15) is 0 Å². The van der Waals surface area contributed by atoms with E-state index in [9.17, 15) is 8.42 Å². The van der Waals surface area contributed by atoms with Crippen LogP contribution in [0.3, 0.4) is 0 Å². The maximum Gasteiger partial charge on any atom is 0.263 e. The second-order valence-corrected chi connectivity index (χ2v) is 8.60. The van der Waals surface area contributed by atoms with Crippen molar-refractivity contribution in [1.29, 1.82) is 0 Å². The Balaban J connectivity index is 0.00000225. The van der Waals surface area contributed by atoms with Crippen molar-refractivity contribution in [2.75, 3.05) is 39.4 Å². The van der Waals surface area contributed by atoms with Crippen molar-refractivity contribution in [3.05, 3.63) is 40.3 Å². The monoisotopic (exact) mass is 423 g/mol. The van der Waals surface area contributed by atoms with E-state index < -0.39 is 10.0 Å². The molecule has 0 saturated carbocycles. The molecule has 0 unspecified atom stereocenters. The van der Waals surface area contributed by atoms with Gasteiger partial charge in [0.1, 0.15) is 0 Å². The Hall–Kier alpha value is -0.770. The number of thioether (sulfide) groups is 1. The number of nitrogens with zero attached hydrogens (tertiary/aromatic N) is 2. The molecule has 0 aromatic heterocycles. The third-order valence-corrected chi connectivity index (χ3v) is 6.35. The van der Waals surface area contributed by atoms with Crippen molar-refractivity contribution in [2.45, 2.75) is 4.90 Å². The van der Waals surface area contributed by atoms with Gasteiger partial charge in [0.25, 0.3) is 10.0 Å². The number of nitrogens with one attached hydrogen (secondary N) is 1. The zero-order chi connectivity index (χ0) is 17.0. The number of halogens is 2. The zero-order valence-electron chi connectivity index (χ0n) is 13.4. The number of hydrogen-bond acceptors (Lipinski definition) is 6. The van der Waals surface area contributed by atoms with E-state index in [2.05, 4.69) is 20.7 Å². The minimum absolute atomic E-state index is 0. The van der Waals surface area contributed by atoms with Gasteiger partial charge in [-0.1, -0.05) is 29.4 Å². The highest BCUT2D eigenvalue weighted by Gasteiger charge is 2.21. The summed E-state index contributed by atoms with van der Waals surface area (Å²) in [6.07, 6.45) is 2.10. The van der Waals surface area contributed by atoms with Crippen LogP contribution in [0.4, 0.5) is 0 Å². The van der Waals surface area contributed by atoms with E-state index in [1.807, 2.05) is 0 Å². The summed E-state index contributed by atoms with van der Waals surface area (Å²) in [5, 5.41) is 0.896. The fraction of sp³-hybridized carbons (Fsp3) is 0.400. The molecule has 138 valence electrons. The van der Waals surface area contributed by atoms with Crippen LogP contribution in [-0.2, 0) is 14.8 Å². The molecule has 0 spiro atoms. The van der Waals surface area contributed by atoms with Crippen LogP contribution in [0.2, 0.25) is 5.02 Å². The van der Waals surface area contributed by atoms with E-state index in [1.165, 1.54) is 23.9 Å². The average molecular weight is 424 g/mol. The van der Waals surface area contributed by atoms with E-state index in [1.54, 1.807) is 12.1 Å². The molecular weight excluding hydrogens is 405 g/mol. The normalized spacial score (nSPS) is 20.2. The lowest BCUT2D eigenvalue weighted by molar-refractivity contribution is 0.0434. The highest BCUT2D eigenvalue weighted by molar-refractivity contribution is 8.18. The molecule has 0 radical (unpaired) electrons. The minimum Gasteiger partial charge on any atom is -0.379 e. The van der Waals surface area contributed by atoms with Crippen molar-refractivity contribution in [1.82, 2.24) is 9.62 Å². The number of benzene rings is 1. The number of ether oxygens (including phenoxy) is 1. The Morgan fingerprint density at radius 1 is 1.28 bits per heavy atom. The number of aliphatic imine (C=N–C) groups is 1. The molecule has 2 heterocycles. The molecule has 1 saturated heterocycles. The summed E-state index contributed by atoms with van der Waals surface area (Å²) < 4.78 is 32.5. The van der Waals surface area contributed by atoms with Gasteiger partial charge in [-0.15, -0.1) is 12.4 Å². The minimum atomic E-state index is -3.63. The lowest BCUT2D eigenvalue weighted by Gasteiger charge is -2.25. The molecule has 6 nitrogen and oxygen atoms in total. The maximum absolute atomic E-state index is 12.3. The molecule has 0 amide bonds. The topological polar surface area (TPSA) is 71.0 Å². The van der Waals surface area contributed by atoms with E-state index in [-0.39, 0.29) is 17.3 Å². The van der Waals surface area contributed by atoms with Gasteiger partial charge in [-0.25, -0.2) is 8.42 Å². The summed E-state index contributed by atoms with van der Waals surface area (Å²) in [4.78, 5) is 7.78. The average Bonchev–Trinajstić information content (AvgIpc) is 3.01. The lowest BCUT2D eigenvalue weighted by Crippen LogP contribution is -2.36. The van der Waals surface area contributed by atoms with Crippen LogP contribution in [0.1, 0.15) is 0 Å². The van der Waals surface area contributed by atoms with Crippen molar-refractivity contribution in [2.24, 2.45) is 4.99 Å². The number of sulfonamides is 1. The predicted molar refractivity (Wildman–Crippen MR) is 104 cm³/mol. The second kappa shape index (κ2) is 9.25. The van der Waals surface area contributed by atoms with Gasteiger partial charge in [0.05, 0.1) is 24.7 Å². The van der Waals surface area contributed by atoms with E-state index in [0.29, 0.717) is 16.7 Å². The summed E-state index contributed by atoms with van der Waals surface area (Å²) in [5.74, 6) is 0. The summed E-state index contributed by atoms with van der Waals surface area (Å²) in [6.45, 7) is 4.71. The fourth-order valence-electron chi connectivity index (χ4n) is 2.30. The number of morpholine rings is 1. The smallest absolute Gasteiger partial charge is 0.263 e. The van der Waals surface area contributed by atoms with Crippen LogP contribution in [0.5, 0.6) is 0 Å². The molecule has 2 aliphatic rings. The third-order valence-electron chi connectivity index (χ3n) is 3.63. The van der Waals surface area contributed by atoms with Gasteiger partial charge in [-0.05, 0) is 24.3 Å². The molecule has 0 atom stereocenters. The standard InChI is InChI=1S/C15H18ClN3O3S2.ClH/c16-12-1-3-14(4-2-12)24(20,21)18-15-17-11-13(23-15)5-6-19-7-9-22-10-8-19;/h1-5H,6-11H2,(H,17,18);1H/b13-5-;. The first-order chi connectivity index (χ1) is 11.5. The van der Waals surface area contributed by atoms with E-state index in [0.717, 1.165) is 37.8 Å². The van der Waals surface area contributed by atoms with Crippen molar-refractivity contribution in [3.8, 4) is 0 Å². The molecule has 2 aliphatic heterocycles. The SMILES string of the molecule is Cl.O=S(=O)(NC1=NC/C(=C/CN2CCOCC2)S1)c1ccc(Cl)cc1. The molecule has 3 rings (SSSR count). The Bertz CT molecular complexity index is 746. The number of amidine groups is 1.